The van der Waals surface area contributed by atoms with Crippen molar-refractivity contribution in [3.63, 3.8) is 0 Å². The first-order chi connectivity index (χ1) is 11.5. The minimum Gasteiger partial charge on any atom is -0.478 e. The summed E-state index contributed by atoms with van der Waals surface area (Å²) in [5, 5.41) is 19.9. The van der Waals surface area contributed by atoms with Crippen LogP contribution in [0.15, 0.2) is 45.6 Å². The molecule has 0 saturated carbocycles. The summed E-state index contributed by atoms with van der Waals surface area (Å²) >= 11 is 0. The van der Waals surface area contributed by atoms with Gasteiger partial charge in [0.15, 0.2) is 0 Å². The van der Waals surface area contributed by atoms with Crippen LogP contribution in [0.1, 0.15) is 48.2 Å². The van der Waals surface area contributed by atoms with Gasteiger partial charge in [0.1, 0.15) is 11.2 Å². The van der Waals surface area contributed by atoms with Gasteiger partial charge in [0.05, 0.1) is 22.4 Å². The van der Waals surface area contributed by atoms with Gasteiger partial charge in [-0.05, 0) is 42.3 Å². The number of carbonyl (C=O) groups is 1. The average Bonchev–Trinajstić information content (AvgIpc) is 2.59. The quantitative estimate of drug-likeness (QED) is 0.695. The number of fused-ring (bicyclic) bond motifs is 2. The van der Waals surface area contributed by atoms with Crippen LogP contribution in [0.4, 0.5) is 0 Å². The van der Waals surface area contributed by atoms with Crippen LogP contribution < -0.4 is 5.43 Å². The van der Waals surface area contributed by atoms with Crippen molar-refractivity contribution >= 4 is 27.9 Å². The first kappa shape index (κ1) is 16.2. The van der Waals surface area contributed by atoms with Gasteiger partial charge in [-0.25, -0.2) is 4.79 Å². The summed E-state index contributed by atoms with van der Waals surface area (Å²) in [5.74, 6) is -1.09. The maximum Gasteiger partial charge on any atom is 0.335 e. The van der Waals surface area contributed by atoms with Gasteiger partial charge in [0.2, 0.25) is 5.43 Å². The largest absolute Gasteiger partial charge is 0.478 e. The Bertz CT molecular complexity index is 971. The molecule has 5 nitrogen and oxygen atoms in total. The second-order valence-electron chi connectivity index (χ2n) is 5.86. The molecule has 1 atom stereocenters. The minimum atomic E-state index is -1.09. The minimum absolute atomic E-state index is 0.0424. The molecular formula is C19H18O5. The Hall–Kier alpha value is -2.66. The third kappa shape index (κ3) is 2.90. The smallest absolute Gasteiger partial charge is 0.335 e. The van der Waals surface area contributed by atoms with Crippen LogP contribution in [0.3, 0.4) is 0 Å². The fraction of sp³-hybridized carbons (Fsp3) is 0.263. The van der Waals surface area contributed by atoms with Crippen molar-refractivity contribution in [1.29, 1.82) is 0 Å². The molecule has 0 amide bonds. The summed E-state index contributed by atoms with van der Waals surface area (Å²) in [5.41, 5.74) is 1.20. The standard InChI is InChI=1S/C19H18O5/c1-2-3-4-15(20)11-5-7-13-17(10-11)24-16-8-6-12(19(22)23)9-14(16)18(13)21/h5-10,15,20H,2-4H2,1H3,(H,22,23). The van der Waals surface area contributed by atoms with Crippen LogP contribution in [0.2, 0.25) is 0 Å². The van der Waals surface area contributed by atoms with E-state index in [9.17, 15) is 14.7 Å². The van der Waals surface area contributed by atoms with Crippen molar-refractivity contribution in [3.05, 3.63) is 57.7 Å². The number of aliphatic hydroxyl groups excluding tert-OH is 1. The van der Waals surface area contributed by atoms with E-state index in [-0.39, 0.29) is 16.4 Å². The first-order valence-corrected chi connectivity index (χ1v) is 7.93. The van der Waals surface area contributed by atoms with Gasteiger partial charge < -0.3 is 14.6 Å². The lowest BCUT2D eigenvalue weighted by Gasteiger charge is -2.11. The summed E-state index contributed by atoms with van der Waals surface area (Å²) in [6, 6.07) is 9.23. The lowest BCUT2D eigenvalue weighted by atomic mass is 10.0. The molecule has 0 spiro atoms. The van der Waals surface area contributed by atoms with Gasteiger partial charge in [0.25, 0.3) is 0 Å². The van der Waals surface area contributed by atoms with E-state index in [2.05, 4.69) is 6.92 Å². The molecule has 0 bridgehead atoms. The Kier molecular flexibility index (Phi) is 4.36. The Morgan fingerprint density at radius 2 is 1.92 bits per heavy atom. The van der Waals surface area contributed by atoms with Crippen LogP contribution in [0.25, 0.3) is 21.9 Å². The van der Waals surface area contributed by atoms with E-state index >= 15 is 0 Å². The lowest BCUT2D eigenvalue weighted by Crippen LogP contribution is -2.05. The average molecular weight is 326 g/mol. The van der Waals surface area contributed by atoms with Crippen molar-refractivity contribution in [2.45, 2.75) is 32.3 Å². The second-order valence-corrected chi connectivity index (χ2v) is 5.86. The van der Waals surface area contributed by atoms with Gasteiger partial charge in [-0.15, -0.1) is 0 Å². The van der Waals surface area contributed by atoms with Crippen molar-refractivity contribution in [2.24, 2.45) is 0 Å². The van der Waals surface area contributed by atoms with Crippen molar-refractivity contribution in [3.8, 4) is 0 Å². The molecule has 5 heteroatoms. The highest BCUT2D eigenvalue weighted by Crippen LogP contribution is 2.25. The highest BCUT2D eigenvalue weighted by Gasteiger charge is 2.13. The van der Waals surface area contributed by atoms with Crippen LogP contribution in [-0.4, -0.2) is 16.2 Å². The molecule has 24 heavy (non-hydrogen) atoms. The Balaban J connectivity index is 2.14. The summed E-state index contributed by atoms with van der Waals surface area (Å²) in [6.45, 7) is 2.06. The lowest BCUT2D eigenvalue weighted by molar-refractivity contribution is 0.0697. The van der Waals surface area contributed by atoms with Crippen LogP contribution in [0.5, 0.6) is 0 Å². The van der Waals surface area contributed by atoms with E-state index in [1.54, 1.807) is 18.2 Å². The number of aliphatic hydroxyl groups is 1. The summed E-state index contributed by atoms with van der Waals surface area (Å²) in [4.78, 5) is 23.7. The molecule has 1 aromatic heterocycles. The molecule has 0 radical (unpaired) electrons. The highest BCUT2D eigenvalue weighted by molar-refractivity contribution is 5.96. The Morgan fingerprint density at radius 3 is 2.62 bits per heavy atom. The molecule has 2 N–H and O–H groups in total. The van der Waals surface area contributed by atoms with Gasteiger partial charge >= 0.3 is 5.97 Å². The van der Waals surface area contributed by atoms with E-state index < -0.39 is 12.1 Å². The van der Waals surface area contributed by atoms with Crippen molar-refractivity contribution in [2.75, 3.05) is 0 Å². The third-order valence-corrected chi connectivity index (χ3v) is 4.16. The number of hydrogen-bond acceptors (Lipinski definition) is 4. The normalized spacial score (nSPS) is 12.6. The van der Waals surface area contributed by atoms with Crippen molar-refractivity contribution in [1.82, 2.24) is 0 Å². The van der Waals surface area contributed by atoms with Crippen LogP contribution in [0, 0.1) is 0 Å². The maximum atomic E-state index is 12.6. The number of benzene rings is 2. The molecule has 3 rings (SSSR count). The predicted octanol–water partition coefficient (Wildman–Crippen LogP) is 3.87. The number of aromatic carboxylic acids is 1. The van der Waals surface area contributed by atoms with Crippen LogP contribution >= 0.6 is 0 Å². The van der Waals surface area contributed by atoms with E-state index in [1.807, 2.05) is 0 Å². The molecule has 1 unspecified atom stereocenters. The monoisotopic (exact) mass is 326 g/mol. The molecule has 2 aromatic carbocycles. The SMILES string of the molecule is CCCCC(O)c1ccc2c(=O)c3cc(C(=O)O)ccc3oc2c1. The summed E-state index contributed by atoms with van der Waals surface area (Å²) < 4.78 is 5.75. The molecule has 3 aromatic rings. The van der Waals surface area contributed by atoms with E-state index in [1.165, 1.54) is 18.2 Å². The zero-order valence-corrected chi connectivity index (χ0v) is 13.3. The highest BCUT2D eigenvalue weighted by atomic mass is 16.4. The molecule has 0 fully saturated rings. The van der Waals surface area contributed by atoms with Gasteiger partial charge in [-0.1, -0.05) is 25.8 Å². The predicted molar refractivity (Wildman–Crippen MR) is 91.4 cm³/mol. The number of carboxylic acids is 1. The van der Waals surface area contributed by atoms with E-state index in [0.717, 1.165) is 12.8 Å². The van der Waals surface area contributed by atoms with Crippen molar-refractivity contribution < 1.29 is 19.4 Å². The topological polar surface area (TPSA) is 87.7 Å². The summed E-state index contributed by atoms with van der Waals surface area (Å²) in [7, 11) is 0. The first-order valence-electron chi connectivity index (χ1n) is 7.93. The maximum absolute atomic E-state index is 12.6. The Morgan fingerprint density at radius 1 is 1.12 bits per heavy atom. The molecule has 124 valence electrons. The molecule has 0 saturated heterocycles. The zero-order chi connectivity index (χ0) is 17.3. The molecule has 1 heterocycles. The number of hydrogen-bond donors (Lipinski definition) is 2. The number of unbranched alkanes of at least 4 members (excludes halogenated alkanes) is 1. The van der Waals surface area contributed by atoms with E-state index in [4.69, 9.17) is 9.52 Å². The number of carboxylic acid groups (broad SMARTS) is 1. The molecule has 0 aliphatic rings. The van der Waals surface area contributed by atoms with Crippen LogP contribution in [-0.2, 0) is 0 Å². The second kappa shape index (κ2) is 6.45. The summed E-state index contributed by atoms with van der Waals surface area (Å²) in [6.07, 6.45) is 1.97. The fourth-order valence-corrected chi connectivity index (χ4v) is 2.78. The van der Waals surface area contributed by atoms with Gasteiger partial charge in [-0.2, -0.15) is 0 Å². The van der Waals surface area contributed by atoms with Gasteiger partial charge in [-0.3, -0.25) is 4.79 Å². The Labute approximate surface area is 138 Å². The zero-order valence-electron chi connectivity index (χ0n) is 13.3. The third-order valence-electron chi connectivity index (χ3n) is 4.16. The molecular weight excluding hydrogens is 308 g/mol. The van der Waals surface area contributed by atoms with E-state index in [0.29, 0.717) is 28.5 Å². The molecule has 0 aliphatic heterocycles. The number of rotatable bonds is 5. The fourth-order valence-electron chi connectivity index (χ4n) is 2.78. The molecule has 0 aliphatic carbocycles. The van der Waals surface area contributed by atoms with Gasteiger partial charge in [0, 0.05) is 0 Å².